The molecule has 1 aromatic heterocycles. The van der Waals surface area contributed by atoms with Gasteiger partial charge in [0.05, 0.1) is 25.8 Å². The fourth-order valence-corrected chi connectivity index (χ4v) is 3.94. The van der Waals surface area contributed by atoms with Crippen LogP contribution in [0.5, 0.6) is 11.5 Å². The minimum Gasteiger partial charge on any atom is -0.497 e. The van der Waals surface area contributed by atoms with E-state index in [0.717, 1.165) is 31.6 Å². The van der Waals surface area contributed by atoms with Crippen molar-refractivity contribution >= 4 is 29.0 Å². The molecule has 0 unspecified atom stereocenters. The van der Waals surface area contributed by atoms with Crippen LogP contribution in [0.3, 0.4) is 0 Å². The largest absolute Gasteiger partial charge is 0.497 e. The van der Waals surface area contributed by atoms with Gasteiger partial charge in [-0.15, -0.1) is 0 Å². The molecule has 0 saturated heterocycles. The lowest BCUT2D eigenvalue weighted by Gasteiger charge is -2.23. The third-order valence-corrected chi connectivity index (χ3v) is 5.69. The number of hydrogen-bond acceptors (Lipinski definition) is 5. The van der Waals surface area contributed by atoms with Crippen molar-refractivity contribution in [2.24, 2.45) is 0 Å². The minimum absolute atomic E-state index is 0.213. The summed E-state index contributed by atoms with van der Waals surface area (Å²) >= 11 is 6.34. The number of benzene rings is 2. The maximum absolute atomic E-state index is 13.3. The van der Waals surface area contributed by atoms with Gasteiger partial charge in [-0.3, -0.25) is 4.90 Å². The molecule has 0 atom stereocenters. The second-order valence-electron chi connectivity index (χ2n) is 7.54. The number of fused-ring (bicyclic) bond motifs is 1. The Balaban J connectivity index is 1.61. The molecule has 168 valence electrons. The van der Waals surface area contributed by atoms with Crippen LogP contribution in [0, 0.1) is 0 Å². The van der Waals surface area contributed by atoms with E-state index in [4.69, 9.17) is 26.1 Å². The Labute approximate surface area is 192 Å². The molecule has 0 aliphatic carbocycles. The van der Waals surface area contributed by atoms with Crippen molar-refractivity contribution in [3.05, 3.63) is 59.1 Å². The zero-order valence-corrected chi connectivity index (χ0v) is 18.9. The number of nitrogens with one attached hydrogen (secondary N) is 1. The molecule has 32 heavy (non-hydrogen) atoms. The summed E-state index contributed by atoms with van der Waals surface area (Å²) in [5.41, 5.74) is 1.26. The van der Waals surface area contributed by atoms with Crippen LogP contribution in [0.4, 0.5) is 16.2 Å². The first-order chi connectivity index (χ1) is 15.6. The number of carbonyl (C=O) groups is 1. The highest BCUT2D eigenvalue weighted by Gasteiger charge is 2.22. The van der Waals surface area contributed by atoms with Crippen molar-refractivity contribution in [2.75, 3.05) is 24.4 Å². The van der Waals surface area contributed by atoms with E-state index in [1.165, 1.54) is 6.42 Å². The first-order valence-electron chi connectivity index (χ1n) is 10.6. The molecule has 1 aliphatic heterocycles. The first kappa shape index (κ1) is 22.0. The first-order valence-corrected chi connectivity index (χ1v) is 10.9. The third kappa shape index (κ3) is 4.96. The Morgan fingerprint density at radius 1 is 1.12 bits per heavy atom. The number of amides is 2. The number of aryl methyl sites for hydroxylation is 2. The predicted molar refractivity (Wildman–Crippen MR) is 124 cm³/mol. The Hall–Kier alpha value is -3.26. The van der Waals surface area contributed by atoms with Crippen LogP contribution >= 0.6 is 11.6 Å². The predicted octanol–water partition coefficient (Wildman–Crippen LogP) is 4.91. The third-order valence-electron chi connectivity index (χ3n) is 5.40. The monoisotopic (exact) mass is 455 g/mol. The molecule has 0 radical (unpaired) electrons. The Kier molecular flexibility index (Phi) is 6.80. The molecular weight excluding hydrogens is 430 g/mol. The van der Waals surface area contributed by atoms with E-state index < -0.39 is 0 Å². The maximum atomic E-state index is 13.3. The number of methoxy groups -OCH3 is 2. The molecule has 1 N–H and O–H groups in total. The van der Waals surface area contributed by atoms with E-state index in [-0.39, 0.29) is 12.6 Å². The zero-order valence-electron chi connectivity index (χ0n) is 18.2. The lowest BCUT2D eigenvalue weighted by Crippen LogP contribution is -2.35. The van der Waals surface area contributed by atoms with Crippen molar-refractivity contribution in [1.82, 2.24) is 14.8 Å². The van der Waals surface area contributed by atoms with E-state index in [1.54, 1.807) is 61.6 Å². The molecule has 8 nitrogen and oxygen atoms in total. The van der Waals surface area contributed by atoms with Crippen molar-refractivity contribution in [3.63, 3.8) is 0 Å². The summed E-state index contributed by atoms with van der Waals surface area (Å²) in [6.07, 6.45) is 4.28. The molecule has 1 aliphatic rings. The van der Waals surface area contributed by atoms with E-state index in [9.17, 15) is 4.79 Å². The average molecular weight is 456 g/mol. The van der Waals surface area contributed by atoms with Crippen molar-refractivity contribution < 1.29 is 14.3 Å². The summed E-state index contributed by atoms with van der Waals surface area (Å²) in [5, 5.41) is 8.00. The highest BCUT2D eigenvalue weighted by molar-refractivity contribution is 6.32. The highest BCUT2D eigenvalue weighted by atomic mass is 35.5. The fourth-order valence-electron chi connectivity index (χ4n) is 3.69. The van der Waals surface area contributed by atoms with Crippen LogP contribution in [0.15, 0.2) is 42.5 Å². The molecular formula is C23H26ClN5O3. The smallest absolute Gasteiger partial charge is 0.326 e. The standard InChI is InChI=1S/C23H26ClN5O3/c1-31-18-10-7-16(8-11-18)25-23(30)28(17-9-12-20(32-2)19(24)14-17)15-21-26-22-6-4-3-5-13-29(22)27-21/h7-12,14H,3-6,13,15H2,1-2H3,(H,25,30). The molecule has 0 spiro atoms. The molecule has 0 saturated carbocycles. The van der Waals surface area contributed by atoms with E-state index >= 15 is 0 Å². The van der Waals surface area contributed by atoms with Gasteiger partial charge in [0.15, 0.2) is 5.82 Å². The quantitative estimate of drug-likeness (QED) is 0.570. The molecule has 2 heterocycles. The van der Waals surface area contributed by atoms with E-state index in [2.05, 4.69) is 10.4 Å². The number of rotatable bonds is 6. The summed E-state index contributed by atoms with van der Waals surface area (Å²) in [5.74, 6) is 2.82. The number of nitrogens with zero attached hydrogens (tertiary/aromatic N) is 4. The van der Waals surface area contributed by atoms with Gasteiger partial charge in [-0.2, -0.15) is 5.10 Å². The zero-order chi connectivity index (χ0) is 22.5. The molecule has 0 fully saturated rings. The molecule has 3 aromatic rings. The van der Waals surface area contributed by atoms with Crippen LogP contribution in [-0.4, -0.2) is 35.0 Å². The SMILES string of the molecule is COc1ccc(NC(=O)N(Cc2nc3n(n2)CCCCC3)c2ccc(OC)c(Cl)c2)cc1. The number of carbonyl (C=O) groups excluding carboxylic acids is 1. The summed E-state index contributed by atoms with van der Waals surface area (Å²) in [7, 11) is 3.15. The van der Waals surface area contributed by atoms with Crippen LogP contribution in [0.1, 0.15) is 30.9 Å². The van der Waals surface area contributed by atoms with Crippen LogP contribution in [0.25, 0.3) is 0 Å². The number of anilines is 2. The summed E-state index contributed by atoms with van der Waals surface area (Å²) < 4.78 is 12.4. The lowest BCUT2D eigenvalue weighted by atomic mass is 10.2. The van der Waals surface area contributed by atoms with Crippen molar-refractivity contribution in [2.45, 2.75) is 38.8 Å². The maximum Gasteiger partial charge on any atom is 0.326 e. The molecule has 9 heteroatoms. The van der Waals surface area contributed by atoms with Gasteiger partial charge < -0.3 is 14.8 Å². The average Bonchev–Trinajstić information content (AvgIpc) is 3.06. The van der Waals surface area contributed by atoms with Crippen LogP contribution in [0.2, 0.25) is 5.02 Å². The molecule has 2 amide bonds. The van der Waals surface area contributed by atoms with Gasteiger partial charge in [0.2, 0.25) is 0 Å². The summed E-state index contributed by atoms with van der Waals surface area (Å²) in [4.78, 5) is 19.6. The van der Waals surface area contributed by atoms with Gasteiger partial charge in [-0.1, -0.05) is 18.0 Å². The van der Waals surface area contributed by atoms with Crippen molar-refractivity contribution in [3.8, 4) is 11.5 Å². The van der Waals surface area contributed by atoms with E-state index in [1.807, 2.05) is 4.68 Å². The fraction of sp³-hybridized carbons (Fsp3) is 0.348. The van der Waals surface area contributed by atoms with Crippen LogP contribution in [-0.2, 0) is 19.5 Å². The van der Waals surface area contributed by atoms with Gasteiger partial charge in [0.25, 0.3) is 0 Å². The Morgan fingerprint density at radius 2 is 1.94 bits per heavy atom. The molecule has 4 rings (SSSR count). The van der Waals surface area contributed by atoms with Gasteiger partial charge in [-0.05, 0) is 55.3 Å². The summed E-state index contributed by atoms with van der Waals surface area (Å²) in [6, 6.07) is 12.1. The number of ether oxygens (including phenoxy) is 2. The topological polar surface area (TPSA) is 81.5 Å². The van der Waals surface area contributed by atoms with Gasteiger partial charge >= 0.3 is 6.03 Å². The number of halogens is 1. The van der Waals surface area contributed by atoms with Crippen LogP contribution < -0.4 is 19.7 Å². The van der Waals surface area contributed by atoms with E-state index in [0.29, 0.717) is 33.7 Å². The second-order valence-corrected chi connectivity index (χ2v) is 7.95. The van der Waals surface area contributed by atoms with Gasteiger partial charge in [0.1, 0.15) is 17.3 Å². The second kappa shape index (κ2) is 9.91. The number of urea groups is 1. The number of aromatic nitrogens is 3. The Bertz CT molecular complexity index is 1060. The van der Waals surface area contributed by atoms with Crippen molar-refractivity contribution in [1.29, 1.82) is 0 Å². The van der Waals surface area contributed by atoms with Gasteiger partial charge in [-0.25, -0.2) is 14.5 Å². The highest BCUT2D eigenvalue weighted by Crippen LogP contribution is 2.30. The molecule has 2 aromatic carbocycles. The normalized spacial score (nSPS) is 13.1. The van der Waals surface area contributed by atoms with Gasteiger partial charge in [0, 0.05) is 24.3 Å². The minimum atomic E-state index is -0.318. The number of hydrogen-bond donors (Lipinski definition) is 1. The lowest BCUT2D eigenvalue weighted by molar-refractivity contribution is 0.256. The summed E-state index contributed by atoms with van der Waals surface area (Å²) in [6.45, 7) is 1.07. The Morgan fingerprint density at radius 3 is 2.66 bits per heavy atom. The molecule has 0 bridgehead atoms.